The van der Waals surface area contributed by atoms with E-state index >= 15 is 0 Å². The Morgan fingerprint density at radius 2 is 1.81 bits per heavy atom. The molecule has 2 aromatic rings. The summed E-state index contributed by atoms with van der Waals surface area (Å²) in [5, 5.41) is 0.138. The van der Waals surface area contributed by atoms with Gasteiger partial charge in [-0.2, -0.15) is 0 Å². The van der Waals surface area contributed by atoms with Gasteiger partial charge in [-0.25, -0.2) is 8.42 Å². The highest BCUT2D eigenvalue weighted by Gasteiger charge is 2.20. The molecule has 0 bridgehead atoms. The zero-order valence-electron chi connectivity index (χ0n) is 11.8. The zero-order valence-corrected chi connectivity index (χ0v) is 13.4. The second-order valence-corrected chi connectivity index (χ2v) is 7.10. The average molecular weight is 325 g/mol. The van der Waals surface area contributed by atoms with Gasteiger partial charge < -0.3 is 5.73 Å². The molecule has 0 fully saturated rings. The summed E-state index contributed by atoms with van der Waals surface area (Å²) < 4.78 is 27.6. The molecule has 2 aromatic carbocycles. The van der Waals surface area contributed by atoms with Crippen molar-refractivity contribution in [2.75, 3.05) is 10.5 Å². The highest BCUT2D eigenvalue weighted by molar-refractivity contribution is 7.92. The Bertz CT molecular complexity index is 758. The van der Waals surface area contributed by atoms with Crippen molar-refractivity contribution in [3.8, 4) is 0 Å². The van der Waals surface area contributed by atoms with E-state index in [-0.39, 0.29) is 15.8 Å². The van der Waals surface area contributed by atoms with E-state index in [1.807, 2.05) is 26.0 Å². The van der Waals surface area contributed by atoms with Crippen LogP contribution in [0.5, 0.6) is 0 Å². The van der Waals surface area contributed by atoms with Gasteiger partial charge in [-0.3, -0.25) is 4.72 Å². The summed E-state index contributed by atoms with van der Waals surface area (Å²) in [4.78, 5) is -0.0253. The molecule has 21 heavy (non-hydrogen) atoms. The fourth-order valence-electron chi connectivity index (χ4n) is 2.02. The van der Waals surface area contributed by atoms with Gasteiger partial charge in [0, 0.05) is 5.69 Å². The summed E-state index contributed by atoms with van der Waals surface area (Å²) in [5.41, 5.74) is 7.45. The third-order valence-corrected chi connectivity index (χ3v) is 4.92. The van der Waals surface area contributed by atoms with Crippen molar-refractivity contribution in [1.82, 2.24) is 0 Å². The van der Waals surface area contributed by atoms with Gasteiger partial charge in [-0.05, 0) is 35.7 Å². The molecule has 0 aliphatic heterocycles. The molecule has 0 saturated heterocycles. The smallest absolute Gasteiger partial charge is 0.263 e. The summed E-state index contributed by atoms with van der Waals surface area (Å²) >= 11 is 5.97. The lowest BCUT2D eigenvalue weighted by molar-refractivity contribution is 0.601. The second-order valence-electron chi connectivity index (χ2n) is 5.04. The summed E-state index contributed by atoms with van der Waals surface area (Å²) in [6.07, 6.45) is 0. The first-order valence-corrected chi connectivity index (χ1v) is 8.34. The largest absolute Gasteiger partial charge is 0.399 e. The lowest BCUT2D eigenvalue weighted by Gasteiger charge is -2.15. The molecular weight excluding hydrogens is 308 g/mol. The number of hydrogen-bond donors (Lipinski definition) is 2. The highest BCUT2D eigenvalue weighted by atomic mass is 35.5. The standard InChI is InChI=1S/C15H17ClN2O2S/c1-10(2)12-5-3-4-6-14(12)18-21(19,20)15-9-11(17)7-8-13(15)16/h3-10,18H,17H2,1-2H3. The molecule has 4 nitrogen and oxygen atoms in total. The maximum absolute atomic E-state index is 12.5. The Kier molecular flexibility index (Phi) is 4.44. The lowest BCUT2D eigenvalue weighted by atomic mass is 10.0. The number of para-hydroxylation sites is 1. The minimum absolute atomic E-state index is 0.0253. The third kappa shape index (κ3) is 3.49. The first-order valence-electron chi connectivity index (χ1n) is 6.48. The van der Waals surface area contributed by atoms with Crippen LogP contribution in [0.4, 0.5) is 11.4 Å². The molecule has 0 atom stereocenters. The van der Waals surface area contributed by atoms with Crippen molar-refractivity contribution in [3.63, 3.8) is 0 Å². The van der Waals surface area contributed by atoms with Crippen LogP contribution >= 0.6 is 11.6 Å². The van der Waals surface area contributed by atoms with E-state index in [1.165, 1.54) is 12.1 Å². The number of nitrogens with two attached hydrogens (primary N) is 1. The molecule has 0 heterocycles. The summed E-state index contributed by atoms with van der Waals surface area (Å²) in [6.45, 7) is 4.00. The van der Waals surface area contributed by atoms with Crippen LogP contribution in [-0.4, -0.2) is 8.42 Å². The molecule has 0 unspecified atom stereocenters. The van der Waals surface area contributed by atoms with Crippen LogP contribution in [0.15, 0.2) is 47.4 Å². The number of anilines is 2. The van der Waals surface area contributed by atoms with Crippen molar-refractivity contribution < 1.29 is 8.42 Å². The molecule has 0 amide bonds. The van der Waals surface area contributed by atoms with E-state index in [2.05, 4.69) is 4.72 Å². The maximum atomic E-state index is 12.5. The first-order chi connectivity index (χ1) is 9.81. The van der Waals surface area contributed by atoms with Crippen molar-refractivity contribution in [2.45, 2.75) is 24.7 Å². The average Bonchev–Trinajstić information content (AvgIpc) is 2.41. The van der Waals surface area contributed by atoms with E-state index in [0.29, 0.717) is 11.4 Å². The molecule has 0 aliphatic carbocycles. The van der Waals surface area contributed by atoms with Crippen LogP contribution in [0.2, 0.25) is 5.02 Å². The van der Waals surface area contributed by atoms with Gasteiger partial charge in [0.25, 0.3) is 10.0 Å². The van der Waals surface area contributed by atoms with Gasteiger partial charge in [0.2, 0.25) is 0 Å². The normalized spacial score (nSPS) is 11.6. The van der Waals surface area contributed by atoms with Crippen LogP contribution in [0.1, 0.15) is 25.3 Å². The molecule has 6 heteroatoms. The van der Waals surface area contributed by atoms with Gasteiger partial charge >= 0.3 is 0 Å². The van der Waals surface area contributed by atoms with Crippen LogP contribution in [-0.2, 0) is 10.0 Å². The monoisotopic (exact) mass is 324 g/mol. The number of rotatable bonds is 4. The minimum atomic E-state index is -3.78. The molecule has 0 radical (unpaired) electrons. The number of hydrogen-bond acceptors (Lipinski definition) is 3. The molecule has 112 valence electrons. The minimum Gasteiger partial charge on any atom is -0.399 e. The van der Waals surface area contributed by atoms with E-state index in [0.717, 1.165) is 5.56 Å². The Balaban J connectivity index is 2.45. The van der Waals surface area contributed by atoms with Crippen molar-refractivity contribution in [1.29, 1.82) is 0 Å². The third-order valence-electron chi connectivity index (χ3n) is 3.07. The first kappa shape index (κ1) is 15.7. The molecule has 0 saturated carbocycles. The van der Waals surface area contributed by atoms with Gasteiger partial charge in [-0.1, -0.05) is 43.6 Å². The summed E-state index contributed by atoms with van der Waals surface area (Å²) in [6, 6.07) is 11.7. The molecule has 0 aliphatic rings. The fourth-order valence-corrected chi connectivity index (χ4v) is 3.64. The van der Waals surface area contributed by atoms with E-state index in [1.54, 1.807) is 18.2 Å². The number of sulfonamides is 1. The second kappa shape index (κ2) is 5.95. The SMILES string of the molecule is CC(C)c1ccccc1NS(=O)(=O)c1cc(N)ccc1Cl. The molecular formula is C15H17ClN2O2S. The number of benzene rings is 2. The van der Waals surface area contributed by atoms with Crippen LogP contribution < -0.4 is 10.5 Å². The van der Waals surface area contributed by atoms with Crippen molar-refractivity contribution in [2.24, 2.45) is 0 Å². The predicted octanol–water partition coefficient (Wildman–Crippen LogP) is 3.85. The topological polar surface area (TPSA) is 72.2 Å². The van der Waals surface area contributed by atoms with Gasteiger partial charge in [0.05, 0.1) is 10.7 Å². The predicted molar refractivity (Wildman–Crippen MR) is 87.2 cm³/mol. The van der Waals surface area contributed by atoms with Crippen molar-refractivity contribution in [3.05, 3.63) is 53.1 Å². The van der Waals surface area contributed by atoms with Gasteiger partial charge in [0.15, 0.2) is 0 Å². The van der Waals surface area contributed by atoms with Crippen LogP contribution in [0, 0.1) is 0 Å². The molecule has 3 N–H and O–H groups in total. The number of nitrogens with one attached hydrogen (secondary N) is 1. The van der Waals surface area contributed by atoms with Crippen molar-refractivity contribution >= 4 is 33.0 Å². The molecule has 2 rings (SSSR count). The molecule has 0 spiro atoms. The Hall–Kier alpha value is -1.72. The fraction of sp³-hybridized carbons (Fsp3) is 0.200. The zero-order chi connectivity index (χ0) is 15.6. The highest BCUT2D eigenvalue weighted by Crippen LogP contribution is 2.29. The summed E-state index contributed by atoms with van der Waals surface area (Å²) in [7, 11) is -3.78. The van der Waals surface area contributed by atoms with E-state index in [4.69, 9.17) is 17.3 Å². The number of nitrogen functional groups attached to an aromatic ring is 1. The van der Waals surface area contributed by atoms with Gasteiger partial charge in [-0.15, -0.1) is 0 Å². The quantitative estimate of drug-likeness (QED) is 0.839. The Labute approximate surface area is 130 Å². The summed E-state index contributed by atoms with van der Waals surface area (Å²) in [5.74, 6) is 0.195. The number of halogens is 1. The van der Waals surface area contributed by atoms with Crippen LogP contribution in [0.25, 0.3) is 0 Å². The van der Waals surface area contributed by atoms with Crippen LogP contribution in [0.3, 0.4) is 0 Å². The van der Waals surface area contributed by atoms with E-state index in [9.17, 15) is 8.42 Å². The Morgan fingerprint density at radius 3 is 2.48 bits per heavy atom. The van der Waals surface area contributed by atoms with E-state index < -0.39 is 10.0 Å². The van der Waals surface area contributed by atoms with Gasteiger partial charge in [0.1, 0.15) is 4.90 Å². The maximum Gasteiger partial charge on any atom is 0.263 e. The lowest BCUT2D eigenvalue weighted by Crippen LogP contribution is -2.15. The molecule has 0 aromatic heterocycles. The Morgan fingerprint density at radius 1 is 1.14 bits per heavy atom.